The quantitative estimate of drug-likeness (QED) is 0.910. The monoisotopic (exact) mass is 341 g/mol. The zero-order valence-corrected chi connectivity index (χ0v) is 13.7. The van der Waals surface area contributed by atoms with E-state index in [2.05, 4.69) is 20.2 Å². The molecule has 0 amide bonds. The summed E-state index contributed by atoms with van der Waals surface area (Å²) in [5.74, 6) is 0.0979. The molecule has 5 nitrogen and oxygen atoms in total. The van der Waals surface area contributed by atoms with Gasteiger partial charge in [-0.05, 0) is 50.4 Å². The van der Waals surface area contributed by atoms with Crippen molar-refractivity contribution in [1.82, 2.24) is 24.9 Å². The zero-order chi connectivity index (χ0) is 17.2. The predicted molar refractivity (Wildman–Crippen MR) is 83.5 cm³/mol. The number of alkyl halides is 3. The second kappa shape index (κ2) is 6.96. The molecule has 1 aliphatic heterocycles. The summed E-state index contributed by atoms with van der Waals surface area (Å²) >= 11 is 0. The molecule has 1 saturated heterocycles. The lowest BCUT2D eigenvalue weighted by Crippen LogP contribution is -2.35. The second-order valence-corrected chi connectivity index (χ2v) is 6.47. The molecule has 24 heavy (non-hydrogen) atoms. The number of hydrogen-bond donors (Lipinski definition) is 1. The number of hydrogen-bond acceptors (Lipinski definition) is 3. The van der Waals surface area contributed by atoms with Crippen molar-refractivity contribution >= 4 is 0 Å². The molecule has 0 saturated carbocycles. The van der Waals surface area contributed by atoms with Crippen LogP contribution in [0.4, 0.5) is 13.2 Å². The number of aromatic nitrogens is 4. The number of halogens is 3. The van der Waals surface area contributed by atoms with Crippen LogP contribution >= 0.6 is 0 Å². The first-order valence-corrected chi connectivity index (χ1v) is 8.24. The molecule has 1 atom stereocenters. The summed E-state index contributed by atoms with van der Waals surface area (Å²) in [6, 6.07) is 1.16. The predicted octanol–water partition coefficient (Wildman–Crippen LogP) is 2.97. The van der Waals surface area contributed by atoms with Gasteiger partial charge in [0.05, 0.1) is 6.20 Å². The maximum atomic E-state index is 12.7. The molecule has 1 aliphatic rings. The summed E-state index contributed by atoms with van der Waals surface area (Å²) in [5, 5.41) is 10.1. The van der Waals surface area contributed by atoms with E-state index < -0.39 is 11.9 Å². The first-order chi connectivity index (χ1) is 11.4. The van der Waals surface area contributed by atoms with Crippen LogP contribution in [0.25, 0.3) is 0 Å². The summed E-state index contributed by atoms with van der Waals surface area (Å²) in [6.45, 7) is 2.74. The van der Waals surface area contributed by atoms with E-state index in [-0.39, 0.29) is 5.92 Å². The summed E-state index contributed by atoms with van der Waals surface area (Å²) in [5.41, 5.74) is 0.986. The molecule has 3 rings (SSSR count). The van der Waals surface area contributed by atoms with Crippen LogP contribution < -0.4 is 0 Å². The highest BCUT2D eigenvalue weighted by Crippen LogP contribution is 2.32. The van der Waals surface area contributed by atoms with Gasteiger partial charge >= 0.3 is 6.18 Å². The van der Waals surface area contributed by atoms with E-state index in [0.29, 0.717) is 5.69 Å². The lowest BCUT2D eigenvalue weighted by atomic mass is 9.94. The van der Waals surface area contributed by atoms with Crippen molar-refractivity contribution in [2.75, 3.05) is 19.6 Å². The highest BCUT2D eigenvalue weighted by Gasteiger charge is 2.35. The highest BCUT2D eigenvalue weighted by atomic mass is 19.4. The molecule has 0 spiro atoms. The van der Waals surface area contributed by atoms with Crippen LogP contribution in [-0.4, -0.2) is 44.5 Å². The minimum atomic E-state index is -4.38. The number of likely N-dealkylation sites (tertiary alicyclic amines) is 1. The van der Waals surface area contributed by atoms with Crippen LogP contribution in [0.1, 0.15) is 42.1 Å². The molecular formula is C16H22F3N5. The van der Waals surface area contributed by atoms with Crippen molar-refractivity contribution in [1.29, 1.82) is 0 Å². The molecule has 132 valence electrons. The summed E-state index contributed by atoms with van der Waals surface area (Å²) in [7, 11) is 1.90. The average molecular weight is 341 g/mol. The van der Waals surface area contributed by atoms with E-state index in [4.69, 9.17) is 0 Å². The Hall–Kier alpha value is -1.83. The van der Waals surface area contributed by atoms with Gasteiger partial charge in [-0.3, -0.25) is 9.78 Å². The topological polar surface area (TPSA) is 49.7 Å². The third-order valence-electron chi connectivity index (χ3n) is 4.53. The molecule has 0 radical (unpaired) electrons. The number of rotatable bonds is 5. The van der Waals surface area contributed by atoms with Gasteiger partial charge in [-0.15, -0.1) is 0 Å². The third-order valence-corrected chi connectivity index (χ3v) is 4.53. The Morgan fingerprint density at radius 1 is 1.38 bits per heavy atom. The lowest BCUT2D eigenvalue weighted by molar-refractivity contribution is -0.141. The average Bonchev–Trinajstić information content (AvgIpc) is 3.16. The number of nitrogens with zero attached hydrogens (tertiary/aromatic N) is 4. The van der Waals surface area contributed by atoms with E-state index in [0.717, 1.165) is 51.4 Å². The third kappa shape index (κ3) is 4.17. The molecule has 0 aromatic carbocycles. The van der Waals surface area contributed by atoms with E-state index >= 15 is 0 Å². The fraction of sp³-hybridized carbons (Fsp3) is 0.625. The fourth-order valence-corrected chi connectivity index (χ4v) is 3.31. The van der Waals surface area contributed by atoms with E-state index in [9.17, 15) is 13.2 Å². The lowest BCUT2D eigenvalue weighted by Gasteiger charge is -2.32. The molecule has 1 fully saturated rings. The Kier molecular flexibility index (Phi) is 4.93. The number of aromatic amines is 1. The number of nitrogens with one attached hydrogen (secondary N) is 1. The van der Waals surface area contributed by atoms with Gasteiger partial charge in [-0.1, -0.05) is 0 Å². The zero-order valence-electron chi connectivity index (χ0n) is 13.7. The van der Waals surface area contributed by atoms with Crippen LogP contribution in [-0.2, 0) is 19.6 Å². The minimum absolute atomic E-state index is 0.0979. The molecule has 0 unspecified atom stereocenters. The molecule has 8 heteroatoms. The largest absolute Gasteiger partial charge is 0.435 e. The number of H-pyrrole nitrogens is 1. The number of aryl methyl sites for hydroxylation is 2. The first kappa shape index (κ1) is 17.0. The molecule has 1 N–H and O–H groups in total. The van der Waals surface area contributed by atoms with Crippen molar-refractivity contribution in [2.24, 2.45) is 7.05 Å². The van der Waals surface area contributed by atoms with Crippen LogP contribution in [0.2, 0.25) is 0 Å². The smallest absolute Gasteiger partial charge is 0.303 e. The van der Waals surface area contributed by atoms with Crippen molar-refractivity contribution < 1.29 is 13.2 Å². The van der Waals surface area contributed by atoms with Crippen LogP contribution in [0.3, 0.4) is 0 Å². The van der Waals surface area contributed by atoms with Gasteiger partial charge in [0.15, 0.2) is 5.69 Å². The summed E-state index contributed by atoms with van der Waals surface area (Å²) in [4.78, 5) is 2.33. The molecule has 2 aromatic heterocycles. The molecular weight excluding hydrogens is 319 g/mol. The summed E-state index contributed by atoms with van der Waals surface area (Å²) < 4.78 is 39.8. The van der Waals surface area contributed by atoms with Gasteiger partial charge in [-0.25, -0.2) is 0 Å². The SMILES string of the molecule is Cn1cc(CCCN2CCC[C@H](c3cc(C(F)(F)F)n[nH]3)C2)cn1. The molecule has 2 aromatic rings. The van der Waals surface area contributed by atoms with Crippen LogP contribution in [0.15, 0.2) is 18.5 Å². The van der Waals surface area contributed by atoms with Gasteiger partial charge < -0.3 is 4.90 Å². The molecule has 0 bridgehead atoms. The van der Waals surface area contributed by atoms with Crippen LogP contribution in [0.5, 0.6) is 0 Å². The van der Waals surface area contributed by atoms with Crippen molar-refractivity contribution in [3.63, 3.8) is 0 Å². The van der Waals surface area contributed by atoms with Gasteiger partial charge in [0, 0.05) is 31.4 Å². The van der Waals surface area contributed by atoms with Crippen molar-refractivity contribution in [3.8, 4) is 0 Å². The van der Waals surface area contributed by atoms with Crippen molar-refractivity contribution in [2.45, 2.75) is 37.8 Å². The van der Waals surface area contributed by atoms with Crippen molar-refractivity contribution in [3.05, 3.63) is 35.4 Å². The fourth-order valence-electron chi connectivity index (χ4n) is 3.31. The van der Waals surface area contributed by atoms with E-state index in [1.54, 1.807) is 4.68 Å². The maximum Gasteiger partial charge on any atom is 0.435 e. The van der Waals surface area contributed by atoms with Gasteiger partial charge in [0.2, 0.25) is 0 Å². The maximum absolute atomic E-state index is 12.7. The summed E-state index contributed by atoms with van der Waals surface area (Å²) in [6.07, 6.45) is 3.40. The Morgan fingerprint density at radius 3 is 2.88 bits per heavy atom. The van der Waals surface area contributed by atoms with E-state index in [1.807, 2.05) is 19.4 Å². The highest BCUT2D eigenvalue weighted by molar-refractivity contribution is 5.16. The van der Waals surface area contributed by atoms with E-state index in [1.165, 1.54) is 5.56 Å². The first-order valence-electron chi connectivity index (χ1n) is 8.24. The Morgan fingerprint density at radius 2 is 2.21 bits per heavy atom. The Labute approximate surface area is 138 Å². The standard InChI is InChI=1S/C16H22F3N5/c1-23-10-12(9-20-23)4-2-6-24-7-3-5-13(11-24)14-8-15(22-21-14)16(17,18)19/h8-10,13H,2-7,11H2,1H3,(H,21,22)/t13-/m0/s1. The Balaban J connectivity index is 1.51. The van der Waals surface area contributed by atoms with Crippen LogP contribution in [0, 0.1) is 0 Å². The molecule has 3 heterocycles. The second-order valence-electron chi connectivity index (χ2n) is 6.47. The normalized spacial score (nSPS) is 19.8. The van der Waals surface area contributed by atoms with Gasteiger partial charge in [-0.2, -0.15) is 23.4 Å². The molecule has 0 aliphatic carbocycles. The van der Waals surface area contributed by atoms with Gasteiger partial charge in [0.1, 0.15) is 0 Å². The Bertz CT molecular complexity index is 661. The van der Waals surface area contributed by atoms with Gasteiger partial charge in [0.25, 0.3) is 0 Å². The number of piperidine rings is 1. The minimum Gasteiger partial charge on any atom is -0.303 e.